The summed E-state index contributed by atoms with van der Waals surface area (Å²) in [4.78, 5) is 13.7. The van der Waals surface area contributed by atoms with Crippen LogP contribution in [-0.2, 0) is 11.4 Å². The van der Waals surface area contributed by atoms with Crippen LogP contribution in [0.4, 0.5) is 11.6 Å². The summed E-state index contributed by atoms with van der Waals surface area (Å²) in [7, 11) is 0. The lowest BCUT2D eigenvalue weighted by Crippen LogP contribution is -2.31. The number of nitrogens with one attached hydrogen (secondary N) is 2. The summed E-state index contributed by atoms with van der Waals surface area (Å²) in [6.07, 6.45) is 0. The monoisotopic (exact) mass is 642 g/mol. The van der Waals surface area contributed by atoms with Crippen LogP contribution < -0.4 is 20.1 Å². The molecule has 1 aliphatic heterocycles. The molecule has 5 rings (SSSR count). The molecule has 4 aromatic rings. The van der Waals surface area contributed by atoms with Crippen molar-refractivity contribution in [1.82, 2.24) is 20.2 Å². The molecule has 0 fully saturated rings. The average molecular weight is 644 g/mol. The first-order chi connectivity index (χ1) is 19.3. The maximum absolute atomic E-state index is 13.7. The molecule has 0 saturated heterocycles. The molecule has 1 atom stereocenters. The minimum Gasteiger partial charge on any atom is -0.490 e. The predicted molar refractivity (Wildman–Crippen MR) is 158 cm³/mol. The van der Waals surface area contributed by atoms with E-state index in [-0.39, 0.29) is 12.5 Å². The number of hydrogen-bond acceptors (Lipinski definition) is 7. The highest BCUT2D eigenvalue weighted by molar-refractivity contribution is 9.10. The molecule has 2 N–H and O–H groups in total. The first-order valence-electron chi connectivity index (χ1n) is 12.4. The van der Waals surface area contributed by atoms with Gasteiger partial charge in [0.05, 0.1) is 16.7 Å². The smallest absolute Gasteiger partial charge is 0.255 e. The summed E-state index contributed by atoms with van der Waals surface area (Å²) in [6, 6.07) is 15.9. The zero-order chi connectivity index (χ0) is 28.4. The van der Waals surface area contributed by atoms with Crippen molar-refractivity contribution in [3.8, 4) is 11.5 Å². The number of carbonyl (C=O) groups excluding carboxylic acids is 1. The van der Waals surface area contributed by atoms with Crippen LogP contribution >= 0.6 is 39.1 Å². The highest BCUT2D eigenvalue weighted by Crippen LogP contribution is 2.43. The third-order valence-corrected chi connectivity index (χ3v) is 7.60. The second kappa shape index (κ2) is 11.9. The first-order valence-corrected chi connectivity index (χ1v) is 14.0. The van der Waals surface area contributed by atoms with Crippen molar-refractivity contribution in [1.29, 1.82) is 0 Å². The number of allylic oxidation sites excluding steroid dienone is 1. The second-order valence-corrected chi connectivity index (χ2v) is 10.8. The van der Waals surface area contributed by atoms with Gasteiger partial charge in [0.1, 0.15) is 12.6 Å². The quantitative estimate of drug-likeness (QED) is 0.214. The molecule has 3 aromatic carbocycles. The van der Waals surface area contributed by atoms with Crippen molar-refractivity contribution in [3.63, 3.8) is 0 Å². The summed E-state index contributed by atoms with van der Waals surface area (Å²) >= 11 is 16.3. The van der Waals surface area contributed by atoms with Crippen LogP contribution in [0.25, 0.3) is 0 Å². The summed E-state index contributed by atoms with van der Waals surface area (Å²) in [5, 5.41) is 19.3. The standard InChI is InChI=1S/C28H25BrCl2N6O3/c1-4-39-23-13-17(12-20(29)26(23)40-14-19-21(30)9-6-10-22(19)31)25-24(16(3)32-28-34-35-36-37(25)28)27(38)33-18-8-5-7-15(2)11-18/h5-13,25H,4,14H2,1-3H3,(H,33,38)(H,32,34,36). The Morgan fingerprint density at radius 2 is 1.85 bits per heavy atom. The number of aromatic nitrogens is 4. The van der Waals surface area contributed by atoms with Gasteiger partial charge in [0, 0.05) is 27.0 Å². The van der Waals surface area contributed by atoms with Gasteiger partial charge in [-0.1, -0.05) is 46.5 Å². The molecule has 12 heteroatoms. The van der Waals surface area contributed by atoms with E-state index >= 15 is 0 Å². The van der Waals surface area contributed by atoms with E-state index in [1.54, 1.807) is 22.9 Å². The SMILES string of the molecule is CCOc1cc(C2C(C(=O)Nc3cccc(C)c3)=C(C)Nc3nnnn32)cc(Br)c1OCc1c(Cl)cccc1Cl. The topological polar surface area (TPSA) is 103 Å². The zero-order valence-corrected chi connectivity index (χ0v) is 24.9. The van der Waals surface area contributed by atoms with E-state index in [1.807, 2.05) is 57.2 Å². The number of hydrogen-bond donors (Lipinski definition) is 2. The molecule has 0 saturated carbocycles. The molecular weight excluding hydrogens is 619 g/mol. The van der Waals surface area contributed by atoms with E-state index in [1.165, 1.54) is 0 Å². The summed E-state index contributed by atoms with van der Waals surface area (Å²) in [6.45, 7) is 6.18. The maximum Gasteiger partial charge on any atom is 0.255 e. The number of halogens is 3. The van der Waals surface area contributed by atoms with Gasteiger partial charge in [0.25, 0.3) is 5.91 Å². The number of fused-ring (bicyclic) bond motifs is 1. The zero-order valence-electron chi connectivity index (χ0n) is 21.8. The molecule has 0 aliphatic carbocycles. The Labute approximate surface area is 249 Å². The van der Waals surface area contributed by atoms with Crippen LogP contribution in [0.5, 0.6) is 11.5 Å². The van der Waals surface area contributed by atoms with Crippen LogP contribution in [-0.4, -0.2) is 32.7 Å². The minimum atomic E-state index is -0.654. The van der Waals surface area contributed by atoms with E-state index in [0.29, 0.717) is 66.7 Å². The van der Waals surface area contributed by atoms with Crippen LogP contribution in [0.2, 0.25) is 10.0 Å². The maximum atomic E-state index is 13.7. The fourth-order valence-electron chi connectivity index (χ4n) is 4.50. The average Bonchev–Trinajstić information content (AvgIpc) is 3.36. The fraction of sp³-hybridized carbons (Fsp3) is 0.214. The molecule has 206 valence electrons. The van der Waals surface area contributed by atoms with Gasteiger partial charge in [-0.2, -0.15) is 4.68 Å². The van der Waals surface area contributed by atoms with Gasteiger partial charge in [-0.3, -0.25) is 4.79 Å². The Kier molecular flexibility index (Phi) is 8.30. The van der Waals surface area contributed by atoms with Crippen molar-refractivity contribution >= 4 is 56.7 Å². The number of tetrazole rings is 1. The molecule has 1 unspecified atom stereocenters. The van der Waals surface area contributed by atoms with Gasteiger partial charge in [-0.05, 0) is 94.7 Å². The molecular formula is C28H25BrCl2N6O3. The second-order valence-electron chi connectivity index (χ2n) is 9.09. The number of amides is 1. The molecule has 1 aromatic heterocycles. The number of ether oxygens (including phenoxy) is 2. The van der Waals surface area contributed by atoms with E-state index in [0.717, 1.165) is 5.56 Å². The molecule has 9 nitrogen and oxygen atoms in total. The number of carbonyl (C=O) groups is 1. The van der Waals surface area contributed by atoms with Crippen molar-refractivity contribution in [3.05, 3.63) is 97.1 Å². The molecule has 0 bridgehead atoms. The van der Waals surface area contributed by atoms with Gasteiger partial charge in [-0.15, -0.1) is 0 Å². The van der Waals surface area contributed by atoms with E-state index in [4.69, 9.17) is 32.7 Å². The first kappa shape index (κ1) is 27.9. The third kappa shape index (κ3) is 5.65. The Hall–Kier alpha value is -3.60. The number of rotatable bonds is 8. The van der Waals surface area contributed by atoms with Crippen LogP contribution in [0.3, 0.4) is 0 Å². The fourth-order valence-corrected chi connectivity index (χ4v) is 5.58. The lowest BCUT2D eigenvalue weighted by atomic mass is 9.94. The van der Waals surface area contributed by atoms with Gasteiger partial charge < -0.3 is 20.1 Å². The number of aryl methyl sites for hydroxylation is 1. The number of nitrogens with zero attached hydrogens (tertiary/aromatic N) is 4. The van der Waals surface area contributed by atoms with E-state index in [9.17, 15) is 4.79 Å². The molecule has 2 heterocycles. The summed E-state index contributed by atoms with van der Waals surface area (Å²) in [5.74, 6) is 1.07. The van der Waals surface area contributed by atoms with Crippen LogP contribution in [0.15, 0.2) is 70.3 Å². The van der Waals surface area contributed by atoms with Gasteiger partial charge >= 0.3 is 0 Å². The lowest BCUT2D eigenvalue weighted by Gasteiger charge is -2.28. The largest absolute Gasteiger partial charge is 0.490 e. The Morgan fingerprint density at radius 1 is 1.10 bits per heavy atom. The van der Waals surface area contributed by atoms with Crippen molar-refractivity contribution < 1.29 is 14.3 Å². The Bertz CT molecular complexity index is 1600. The lowest BCUT2D eigenvalue weighted by molar-refractivity contribution is -0.113. The minimum absolute atomic E-state index is 0.129. The molecule has 0 spiro atoms. The highest BCUT2D eigenvalue weighted by atomic mass is 79.9. The van der Waals surface area contributed by atoms with E-state index in [2.05, 4.69) is 42.1 Å². The molecule has 1 aliphatic rings. The highest BCUT2D eigenvalue weighted by Gasteiger charge is 2.35. The molecule has 1 amide bonds. The van der Waals surface area contributed by atoms with Crippen LogP contribution in [0.1, 0.15) is 36.6 Å². The van der Waals surface area contributed by atoms with Gasteiger partial charge in [0.15, 0.2) is 11.5 Å². The van der Waals surface area contributed by atoms with Crippen molar-refractivity contribution in [2.24, 2.45) is 0 Å². The van der Waals surface area contributed by atoms with Crippen molar-refractivity contribution in [2.75, 3.05) is 17.2 Å². The normalized spacial score (nSPS) is 14.4. The number of benzene rings is 3. The van der Waals surface area contributed by atoms with Gasteiger partial charge in [0.2, 0.25) is 5.95 Å². The van der Waals surface area contributed by atoms with E-state index < -0.39 is 6.04 Å². The van der Waals surface area contributed by atoms with Gasteiger partial charge in [-0.25, -0.2) is 0 Å². The molecule has 40 heavy (non-hydrogen) atoms. The third-order valence-electron chi connectivity index (χ3n) is 6.30. The van der Waals surface area contributed by atoms with Crippen LogP contribution in [0, 0.1) is 6.92 Å². The molecule has 0 radical (unpaired) electrons. The number of anilines is 2. The Balaban J connectivity index is 1.54. The summed E-state index contributed by atoms with van der Waals surface area (Å²) in [5.41, 5.74) is 4.16. The Morgan fingerprint density at radius 3 is 2.58 bits per heavy atom. The van der Waals surface area contributed by atoms with Crippen molar-refractivity contribution in [2.45, 2.75) is 33.4 Å². The summed E-state index contributed by atoms with van der Waals surface area (Å²) < 4.78 is 14.3. The predicted octanol–water partition coefficient (Wildman–Crippen LogP) is 6.96.